The number of carbonyl (C=O) groups excluding carboxylic acids is 4. The van der Waals surface area contributed by atoms with Crippen molar-refractivity contribution in [1.82, 2.24) is 19.6 Å². The van der Waals surface area contributed by atoms with Crippen molar-refractivity contribution in [3.05, 3.63) is 17.1 Å². The number of nitrogens with zero attached hydrogens (tertiary/aromatic N) is 4. The maximum Gasteiger partial charge on any atom is 0.352 e. The number of nitrogens with one attached hydrogen (secondary N) is 1. The Balaban J connectivity index is 1.74. The molecule has 0 bridgehead atoms. The van der Waals surface area contributed by atoms with E-state index in [9.17, 15) is 29.1 Å². The summed E-state index contributed by atoms with van der Waals surface area (Å²) in [5, 5.41) is 15.3. The lowest BCUT2D eigenvalue weighted by Gasteiger charge is -2.49. The topological polar surface area (TPSA) is 203 Å². The van der Waals surface area contributed by atoms with Crippen molar-refractivity contribution in [2.75, 3.05) is 24.7 Å². The van der Waals surface area contributed by atoms with Crippen LogP contribution in [-0.4, -0.2) is 85.0 Å². The quantitative estimate of drug-likeness (QED) is 0.115. The second-order valence-corrected chi connectivity index (χ2v) is 8.86. The molecular weight excluding hydrogens is 492 g/mol. The van der Waals surface area contributed by atoms with Crippen LogP contribution >= 0.6 is 23.3 Å². The van der Waals surface area contributed by atoms with E-state index in [1.807, 2.05) is 0 Å². The lowest BCUT2D eigenvalue weighted by atomic mass is 10.0. The number of nitrogens with two attached hydrogens (primary N) is 1. The molecule has 2 amide bonds. The number of oxime groups is 1. The number of anilines is 1. The summed E-state index contributed by atoms with van der Waals surface area (Å²) in [6, 6.07) is -1.04. The number of β-lactam (4-membered cyclic amide) rings is 1. The van der Waals surface area contributed by atoms with E-state index in [4.69, 9.17) is 15.3 Å². The third-order valence-electron chi connectivity index (χ3n) is 4.49. The number of nitrogen functional groups attached to an aromatic ring is 1. The van der Waals surface area contributed by atoms with E-state index in [1.165, 1.54) is 18.7 Å². The Kier molecular flexibility index (Phi) is 7.83. The predicted molar refractivity (Wildman–Crippen MR) is 118 cm³/mol. The van der Waals surface area contributed by atoms with Crippen LogP contribution in [0.25, 0.3) is 0 Å². The third-order valence-corrected chi connectivity index (χ3v) is 6.37. The van der Waals surface area contributed by atoms with Crippen molar-refractivity contribution in [1.29, 1.82) is 0 Å². The first-order valence-electron chi connectivity index (χ1n) is 9.79. The van der Waals surface area contributed by atoms with E-state index in [-0.39, 0.29) is 46.9 Å². The Morgan fingerprint density at radius 2 is 2.09 bits per heavy atom. The molecule has 3 rings (SSSR count). The van der Waals surface area contributed by atoms with Gasteiger partial charge in [-0.1, -0.05) is 5.16 Å². The van der Waals surface area contributed by atoms with Crippen LogP contribution in [0.15, 0.2) is 16.4 Å². The number of aromatic nitrogens is 2. The number of ether oxygens (including phenoxy) is 1. The van der Waals surface area contributed by atoms with E-state index >= 15 is 0 Å². The van der Waals surface area contributed by atoms with E-state index in [1.54, 1.807) is 6.92 Å². The predicted octanol–water partition coefficient (Wildman–Crippen LogP) is -0.878. The largest absolute Gasteiger partial charge is 0.477 e. The average Bonchev–Trinajstić information content (AvgIpc) is 3.20. The Morgan fingerprint density at radius 1 is 1.35 bits per heavy atom. The van der Waals surface area contributed by atoms with Crippen molar-refractivity contribution in [2.45, 2.75) is 31.7 Å². The molecule has 3 heterocycles. The summed E-state index contributed by atoms with van der Waals surface area (Å²) in [7, 11) is 0. The van der Waals surface area contributed by atoms with Gasteiger partial charge in [-0.05, 0) is 13.8 Å². The van der Waals surface area contributed by atoms with Gasteiger partial charge >= 0.3 is 11.9 Å². The van der Waals surface area contributed by atoms with Gasteiger partial charge in [0, 0.05) is 22.9 Å². The lowest BCUT2D eigenvalue weighted by Crippen LogP contribution is -2.71. The highest BCUT2D eigenvalue weighted by atomic mass is 32.2. The molecule has 2 aliphatic heterocycles. The molecule has 0 unspecified atom stereocenters. The van der Waals surface area contributed by atoms with Gasteiger partial charge in [0.1, 0.15) is 42.5 Å². The van der Waals surface area contributed by atoms with Gasteiger partial charge in [-0.3, -0.25) is 24.1 Å². The lowest BCUT2D eigenvalue weighted by molar-refractivity contribution is -0.150. The SMILES string of the molecule is CCO/N=C(\C(=O)N[C@@H]1C(=O)N2C(C(=O)O)=C(COC(=O)CC(C)=O)CS[C@@H]12)c1nsc(N)n1. The number of carbonyl (C=O) groups is 5. The molecule has 0 spiro atoms. The van der Waals surface area contributed by atoms with Gasteiger partial charge in [-0.2, -0.15) is 9.36 Å². The molecular formula is C18H20N6O8S2. The van der Waals surface area contributed by atoms with Crippen molar-refractivity contribution < 1.29 is 38.7 Å². The number of hydrogen-bond donors (Lipinski definition) is 3. The minimum atomic E-state index is -1.39. The highest BCUT2D eigenvalue weighted by molar-refractivity contribution is 8.00. The van der Waals surface area contributed by atoms with Crippen LogP contribution < -0.4 is 11.1 Å². The number of amides is 2. The Bertz CT molecular complexity index is 1100. The number of ketones is 1. The molecule has 1 aromatic heterocycles. The van der Waals surface area contributed by atoms with Gasteiger partial charge < -0.3 is 25.7 Å². The van der Waals surface area contributed by atoms with Gasteiger partial charge in [0.2, 0.25) is 11.5 Å². The summed E-state index contributed by atoms with van der Waals surface area (Å²) in [6.45, 7) is 2.66. The molecule has 2 atom stereocenters. The van der Waals surface area contributed by atoms with Gasteiger partial charge in [0.05, 0.1) is 0 Å². The summed E-state index contributed by atoms with van der Waals surface area (Å²) < 4.78 is 8.90. The summed E-state index contributed by atoms with van der Waals surface area (Å²) in [5.74, 6) is -3.99. The molecule has 1 saturated heterocycles. The van der Waals surface area contributed by atoms with Gasteiger partial charge in [-0.15, -0.1) is 11.8 Å². The zero-order valence-electron chi connectivity index (χ0n) is 18.0. The van der Waals surface area contributed by atoms with Crippen molar-refractivity contribution in [3.63, 3.8) is 0 Å². The van der Waals surface area contributed by atoms with Crippen LogP contribution in [0.3, 0.4) is 0 Å². The maximum atomic E-state index is 12.8. The first-order chi connectivity index (χ1) is 16.1. The van der Waals surface area contributed by atoms with E-state index < -0.39 is 47.4 Å². The van der Waals surface area contributed by atoms with Gasteiger partial charge in [0.25, 0.3) is 11.8 Å². The summed E-state index contributed by atoms with van der Waals surface area (Å²) in [6.07, 6.45) is -0.437. The number of Topliss-reactive ketones (excluding diaryl/α,β-unsaturated/α-hetero) is 1. The second-order valence-electron chi connectivity index (χ2n) is 6.97. The molecule has 2 aliphatic rings. The molecule has 1 aromatic rings. The minimum Gasteiger partial charge on any atom is -0.477 e. The molecule has 0 radical (unpaired) electrons. The fourth-order valence-electron chi connectivity index (χ4n) is 3.07. The first-order valence-corrected chi connectivity index (χ1v) is 11.6. The Morgan fingerprint density at radius 3 is 2.68 bits per heavy atom. The van der Waals surface area contributed by atoms with Gasteiger partial charge in [0.15, 0.2) is 5.13 Å². The van der Waals surface area contributed by atoms with Crippen LogP contribution in [0.2, 0.25) is 0 Å². The normalized spacial score (nSPS) is 19.8. The van der Waals surface area contributed by atoms with Crippen LogP contribution in [0.1, 0.15) is 26.1 Å². The molecule has 1 fully saturated rings. The maximum absolute atomic E-state index is 12.8. The summed E-state index contributed by atoms with van der Waals surface area (Å²) in [5.41, 5.74) is 5.15. The average molecular weight is 513 g/mol. The van der Waals surface area contributed by atoms with Crippen molar-refractivity contribution >= 4 is 63.7 Å². The number of thioether (sulfide) groups is 1. The molecule has 0 aromatic carbocycles. The number of carboxylic acids is 1. The van der Waals surface area contributed by atoms with E-state index in [0.29, 0.717) is 0 Å². The Hall–Kier alpha value is -3.53. The van der Waals surface area contributed by atoms with E-state index in [2.05, 4.69) is 19.8 Å². The van der Waals surface area contributed by atoms with Crippen LogP contribution in [-0.2, 0) is 33.5 Å². The molecule has 14 nitrogen and oxygen atoms in total. The number of hydrogen-bond acceptors (Lipinski definition) is 13. The second kappa shape index (κ2) is 10.6. The van der Waals surface area contributed by atoms with Crippen molar-refractivity contribution in [3.8, 4) is 0 Å². The zero-order chi connectivity index (χ0) is 25.0. The van der Waals surface area contributed by atoms with E-state index in [0.717, 1.165) is 16.4 Å². The molecule has 4 N–H and O–H groups in total. The highest BCUT2D eigenvalue weighted by Gasteiger charge is 2.54. The molecule has 182 valence electrons. The molecule has 16 heteroatoms. The van der Waals surface area contributed by atoms with Gasteiger partial charge in [-0.25, -0.2) is 4.79 Å². The third kappa shape index (κ3) is 5.33. The standard InChI is InChI=1S/C18H20N6O8S2/c1-3-32-22-10(13-21-18(19)34-23-13)14(27)20-11-15(28)24-12(17(29)30)8(6-33-16(11)24)5-31-9(26)4-7(2)25/h11,16H,3-6H2,1-2H3,(H,20,27)(H,29,30)(H2,19,21,23)/b22-10-/t11-,16+/m1/s1. The zero-order valence-corrected chi connectivity index (χ0v) is 19.6. The summed E-state index contributed by atoms with van der Waals surface area (Å²) in [4.78, 5) is 70.0. The molecule has 0 aliphatic carbocycles. The smallest absolute Gasteiger partial charge is 0.352 e. The summed E-state index contributed by atoms with van der Waals surface area (Å²) >= 11 is 2.03. The highest BCUT2D eigenvalue weighted by Crippen LogP contribution is 2.40. The fourth-order valence-corrected chi connectivity index (χ4v) is 4.83. The monoisotopic (exact) mass is 512 g/mol. The number of fused-ring (bicyclic) bond motifs is 1. The first kappa shape index (κ1) is 25.1. The number of esters is 1. The number of rotatable bonds is 10. The fraction of sp³-hybridized carbons (Fsp3) is 0.444. The van der Waals surface area contributed by atoms with Crippen LogP contribution in [0.5, 0.6) is 0 Å². The number of carboxylic acid groups (broad SMARTS) is 1. The molecule has 34 heavy (non-hydrogen) atoms. The number of aliphatic carboxylic acids is 1. The van der Waals surface area contributed by atoms with Crippen LogP contribution in [0.4, 0.5) is 5.13 Å². The minimum absolute atomic E-state index is 0.0749. The molecule has 0 saturated carbocycles. The van der Waals surface area contributed by atoms with Crippen molar-refractivity contribution in [2.24, 2.45) is 5.16 Å². The van der Waals surface area contributed by atoms with Crippen LogP contribution in [0, 0.1) is 0 Å². The Labute approximate surface area is 200 Å².